The highest BCUT2D eigenvalue weighted by Gasteiger charge is 2.38. The van der Waals surface area contributed by atoms with Crippen LogP contribution in [0.1, 0.15) is 52.1 Å². The molecule has 1 aromatic carbocycles. The molecule has 0 radical (unpaired) electrons. The predicted molar refractivity (Wildman–Crippen MR) is 82.3 cm³/mol. The van der Waals surface area contributed by atoms with Crippen LogP contribution in [0.25, 0.3) is 0 Å². The molecule has 1 heterocycles. The van der Waals surface area contributed by atoms with Gasteiger partial charge in [-0.3, -0.25) is 4.90 Å². The molecule has 1 unspecified atom stereocenters. The van der Waals surface area contributed by atoms with Crippen molar-refractivity contribution in [3.63, 3.8) is 0 Å². The molecule has 2 heteroatoms. The lowest BCUT2D eigenvalue weighted by molar-refractivity contribution is 0.0474. The molecule has 1 atom stereocenters. The minimum absolute atomic E-state index is 0.301. The molecular formula is C17H28N2. The normalized spacial score (nSPS) is 23.7. The van der Waals surface area contributed by atoms with Crippen molar-refractivity contribution >= 4 is 0 Å². The summed E-state index contributed by atoms with van der Waals surface area (Å²) in [4.78, 5) is 2.67. The molecule has 1 fully saturated rings. The van der Waals surface area contributed by atoms with Gasteiger partial charge in [0.05, 0.1) is 0 Å². The lowest BCUT2D eigenvalue weighted by Crippen LogP contribution is -2.62. The topological polar surface area (TPSA) is 15.3 Å². The Hall–Kier alpha value is -0.860. The maximum absolute atomic E-state index is 3.82. The molecule has 0 spiro atoms. The number of nitrogens with zero attached hydrogens (tertiary/aromatic N) is 1. The lowest BCUT2D eigenvalue weighted by atomic mass is 9.86. The van der Waals surface area contributed by atoms with Crippen molar-refractivity contribution in [2.45, 2.75) is 58.2 Å². The third kappa shape index (κ3) is 3.01. The molecule has 0 aliphatic carbocycles. The van der Waals surface area contributed by atoms with Crippen LogP contribution in [0.15, 0.2) is 30.3 Å². The molecule has 0 aromatic heterocycles. The second kappa shape index (κ2) is 6.06. The standard InChI is InChI=1S/C17H28N2/c1-5-17(6-2)13-19(14(3)4)16(12-18-17)15-10-8-7-9-11-15/h7-11,14,16,18H,5-6,12-13H2,1-4H3. The second-order valence-corrected chi connectivity index (χ2v) is 6.06. The fourth-order valence-electron chi connectivity index (χ4n) is 3.20. The highest BCUT2D eigenvalue weighted by molar-refractivity contribution is 5.21. The van der Waals surface area contributed by atoms with Crippen LogP contribution in [0.4, 0.5) is 0 Å². The van der Waals surface area contributed by atoms with E-state index in [2.05, 4.69) is 68.2 Å². The number of rotatable bonds is 4. The molecular weight excluding hydrogens is 232 g/mol. The van der Waals surface area contributed by atoms with Gasteiger partial charge in [0.2, 0.25) is 0 Å². The summed E-state index contributed by atoms with van der Waals surface area (Å²) in [5.74, 6) is 0. The molecule has 2 rings (SSSR count). The van der Waals surface area contributed by atoms with E-state index in [-0.39, 0.29) is 0 Å². The van der Waals surface area contributed by atoms with E-state index in [1.807, 2.05) is 0 Å². The summed E-state index contributed by atoms with van der Waals surface area (Å²) in [6, 6.07) is 12.0. The van der Waals surface area contributed by atoms with Gasteiger partial charge in [-0.25, -0.2) is 0 Å². The van der Waals surface area contributed by atoms with Gasteiger partial charge >= 0.3 is 0 Å². The summed E-state index contributed by atoms with van der Waals surface area (Å²) < 4.78 is 0. The Bertz CT molecular complexity index is 382. The number of hydrogen-bond acceptors (Lipinski definition) is 2. The minimum atomic E-state index is 0.301. The largest absolute Gasteiger partial charge is 0.308 e. The average molecular weight is 260 g/mol. The summed E-state index contributed by atoms with van der Waals surface area (Å²) in [6.45, 7) is 11.4. The monoisotopic (exact) mass is 260 g/mol. The number of nitrogens with one attached hydrogen (secondary N) is 1. The van der Waals surface area contributed by atoms with E-state index in [0.29, 0.717) is 17.6 Å². The third-order valence-electron chi connectivity index (χ3n) is 4.76. The Morgan fingerprint density at radius 2 is 1.84 bits per heavy atom. The maximum Gasteiger partial charge on any atom is 0.0476 e. The molecule has 2 nitrogen and oxygen atoms in total. The zero-order valence-electron chi connectivity index (χ0n) is 12.8. The van der Waals surface area contributed by atoms with Gasteiger partial charge in [0.25, 0.3) is 0 Å². The maximum atomic E-state index is 3.82. The van der Waals surface area contributed by atoms with Crippen molar-refractivity contribution in [1.29, 1.82) is 0 Å². The highest BCUT2D eigenvalue weighted by atomic mass is 15.3. The molecule has 0 bridgehead atoms. The van der Waals surface area contributed by atoms with Crippen molar-refractivity contribution in [1.82, 2.24) is 10.2 Å². The van der Waals surface area contributed by atoms with Crippen molar-refractivity contribution in [2.75, 3.05) is 13.1 Å². The van der Waals surface area contributed by atoms with Crippen LogP contribution in [0, 0.1) is 0 Å². The number of piperazine rings is 1. The van der Waals surface area contributed by atoms with E-state index < -0.39 is 0 Å². The van der Waals surface area contributed by atoms with Crippen molar-refractivity contribution in [3.05, 3.63) is 35.9 Å². The fraction of sp³-hybridized carbons (Fsp3) is 0.647. The number of benzene rings is 1. The summed E-state index contributed by atoms with van der Waals surface area (Å²) in [7, 11) is 0. The molecule has 1 aromatic rings. The Morgan fingerprint density at radius 3 is 2.37 bits per heavy atom. The van der Waals surface area contributed by atoms with E-state index in [9.17, 15) is 0 Å². The third-order valence-corrected chi connectivity index (χ3v) is 4.76. The van der Waals surface area contributed by atoms with E-state index in [1.54, 1.807) is 0 Å². The molecule has 1 aliphatic rings. The van der Waals surface area contributed by atoms with Crippen LogP contribution in [0.5, 0.6) is 0 Å². The van der Waals surface area contributed by atoms with Crippen LogP contribution in [0.2, 0.25) is 0 Å². The molecule has 1 saturated heterocycles. The van der Waals surface area contributed by atoms with Gasteiger partial charge in [-0.15, -0.1) is 0 Å². The van der Waals surface area contributed by atoms with E-state index in [0.717, 1.165) is 13.1 Å². The van der Waals surface area contributed by atoms with Crippen molar-refractivity contribution in [2.24, 2.45) is 0 Å². The van der Waals surface area contributed by atoms with Gasteiger partial charge in [-0.2, -0.15) is 0 Å². The molecule has 19 heavy (non-hydrogen) atoms. The van der Waals surface area contributed by atoms with Crippen LogP contribution >= 0.6 is 0 Å². The zero-order valence-corrected chi connectivity index (χ0v) is 12.8. The van der Waals surface area contributed by atoms with Crippen LogP contribution in [-0.4, -0.2) is 29.6 Å². The molecule has 0 saturated carbocycles. The van der Waals surface area contributed by atoms with E-state index >= 15 is 0 Å². The Balaban J connectivity index is 2.23. The predicted octanol–water partition coefficient (Wildman–Crippen LogP) is 3.60. The average Bonchev–Trinajstić information content (AvgIpc) is 2.47. The summed E-state index contributed by atoms with van der Waals surface area (Å²) in [5, 5.41) is 3.82. The zero-order chi connectivity index (χ0) is 13.9. The first kappa shape index (κ1) is 14.5. The fourth-order valence-corrected chi connectivity index (χ4v) is 3.20. The summed E-state index contributed by atoms with van der Waals surface area (Å²) in [6.07, 6.45) is 2.41. The first-order valence-corrected chi connectivity index (χ1v) is 7.67. The first-order valence-electron chi connectivity index (χ1n) is 7.67. The molecule has 106 valence electrons. The second-order valence-electron chi connectivity index (χ2n) is 6.06. The van der Waals surface area contributed by atoms with Crippen molar-refractivity contribution < 1.29 is 0 Å². The molecule has 1 aliphatic heterocycles. The van der Waals surface area contributed by atoms with Gasteiger partial charge < -0.3 is 5.32 Å². The summed E-state index contributed by atoms with van der Waals surface area (Å²) >= 11 is 0. The summed E-state index contributed by atoms with van der Waals surface area (Å²) in [5.41, 5.74) is 1.74. The smallest absolute Gasteiger partial charge is 0.0476 e. The Labute approximate surface area is 118 Å². The molecule has 1 N–H and O–H groups in total. The van der Waals surface area contributed by atoms with Crippen LogP contribution in [-0.2, 0) is 0 Å². The lowest BCUT2D eigenvalue weighted by Gasteiger charge is -2.49. The quantitative estimate of drug-likeness (QED) is 0.890. The Morgan fingerprint density at radius 1 is 1.21 bits per heavy atom. The molecule has 0 amide bonds. The number of hydrogen-bond donors (Lipinski definition) is 1. The Kier molecular flexibility index (Phi) is 4.64. The van der Waals surface area contributed by atoms with Gasteiger partial charge in [0.1, 0.15) is 0 Å². The first-order chi connectivity index (χ1) is 9.12. The van der Waals surface area contributed by atoms with E-state index in [1.165, 1.54) is 18.4 Å². The van der Waals surface area contributed by atoms with Gasteiger partial charge in [-0.1, -0.05) is 44.2 Å². The van der Waals surface area contributed by atoms with Crippen molar-refractivity contribution in [3.8, 4) is 0 Å². The van der Waals surface area contributed by atoms with Crippen LogP contribution < -0.4 is 5.32 Å². The highest BCUT2D eigenvalue weighted by Crippen LogP contribution is 2.31. The van der Waals surface area contributed by atoms with Gasteiger partial charge in [-0.05, 0) is 32.3 Å². The SMILES string of the molecule is CCC1(CC)CN(C(C)C)C(c2ccccc2)CN1. The van der Waals surface area contributed by atoms with Gasteiger partial charge in [0, 0.05) is 30.7 Å². The van der Waals surface area contributed by atoms with E-state index in [4.69, 9.17) is 0 Å². The minimum Gasteiger partial charge on any atom is -0.308 e. The van der Waals surface area contributed by atoms with Gasteiger partial charge in [0.15, 0.2) is 0 Å². The van der Waals surface area contributed by atoms with Crippen LogP contribution in [0.3, 0.4) is 0 Å².